The van der Waals surface area contributed by atoms with Gasteiger partial charge < -0.3 is 10.2 Å². The van der Waals surface area contributed by atoms with Gasteiger partial charge in [0.1, 0.15) is 5.76 Å². The zero-order chi connectivity index (χ0) is 12.7. The third kappa shape index (κ3) is 5.03. The number of amides is 2. The van der Waals surface area contributed by atoms with Gasteiger partial charge in [-0.1, -0.05) is 42.5 Å². The van der Waals surface area contributed by atoms with Gasteiger partial charge in [0.25, 0.3) is 0 Å². The van der Waals surface area contributed by atoms with Crippen molar-refractivity contribution in [3.63, 3.8) is 0 Å². The molecule has 0 saturated heterocycles. The van der Waals surface area contributed by atoms with Crippen LogP contribution in [0.2, 0.25) is 0 Å². The number of allylic oxidation sites excluding steroid dienone is 1. The lowest BCUT2D eigenvalue weighted by Crippen LogP contribution is -2.44. The molecular formula is C12H17N3O2. The largest absolute Gasteiger partial charge is 0.394 e. The van der Waals surface area contributed by atoms with E-state index in [9.17, 15) is 4.79 Å². The van der Waals surface area contributed by atoms with Crippen molar-refractivity contribution < 1.29 is 9.63 Å². The minimum Gasteiger partial charge on any atom is -0.394 e. The molecule has 0 aliphatic carbocycles. The summed E-state index contributed by atoms with van der Waals surface area (Å²) in [6.45, 7) is 7.07. The van der Waals surface area contributed by atoms with Gasteiger partial charge in [-0.15, -0.1) is 0 Å². The summed E-state index contributed by atoms with van der Waals surface area (Å²) in [5.74, 6) is 0.460. The summed E-state index contributed by atoms with van der Waals surface area (Å²) < 4.78 is 0. The van der Waals surface area contributed by atoms with Crippen molar-refractivity contribution in [2.75, 3.05) is 0 Å². The zero-order valence-corrected chi connectivity index (χ0v) is 9.99. The second-order valence-corrected chi connectivity index (χ2v) is 3.64. The van der Waals surface area contributed by atoms with E-state index in [0.717, 1.165) is 5.56 Å². The van der Waals surface area contributed by atoms with Crippen molar-refractivity contribution >= 4 is 6.03 Å². The van der Waals surface area contributed by atoms with Gasteiger partial charge in [0.05, 0.1) is 6.04 Å². The molecular weight excluding hydrogens is 218 g/mol. The molecule has 5 heteroatoms. The highest BCUT2D eigenvalue weighted by Crippen LogP contribution is 2.10. The summed E-state index contributed by atoms with van der Waals surface area (Å²) in [6.07, 6.45) is 0. The van der Waals surface area contributed by atoms with Crippen LogP contribution < -0.4 is 16.3 Å². The van der Waals surface area contributed by atoms with E-state index in [2.05, 4.69) is 22.9 Å². The van der Waals surface area contributed by atoms with Crippen molar-refractivity contribution in [2.45, 2.75) is 19.9 Å². The summed E-state index contributed by atoms with van der Waals surface area (Å²) in [7, 11) is 0. The number of hydrazine groups is 1. The minimum absolute atomic E-state index is 0.0807. The number of nitrogens with one attached hydrogen (secondary N) is 3. The molecule has 0 aliphatic rings. The van der Waals surface area contributed by atoms with E-state index in [4.69, 9.17) is 4.84 Å². The molecule has 0 saturated carbocycles. The van der Waals surface area contributed by atoms with Crippen LogP contribution in [-0.4, -0.2) is 6.03 Å². The standard InChI is InChI=1S/C12H17N3O2/c1-9(2)17-15-14-12(16)13-10(3)11-7-5-4-6-8-11/h4-8,10,15H,1H2,2-3H3,(H2,13,14,16). The van der Waals surface area contributed by atoms with Crippen LogP contribution in [0.5, 0.6) is 0 Å². The predicted octanol–water partition coefficient (Wildman–Crippen LogP) is 2.02. The van der Waals surface area contributed by atoms with E-state index in [1.807, 2.05) is 37.3 Å². The fourth-order valence-corrected chi connectivity index (χ4v) is 1.22. The number of carbonyl (C=O) groups excluding carboxylic acids is 1. The normalized spacial score (nSPS) is 11.4. The fourth-order valence-electron chi connectivity index (χ4n) is 1.22. The summed E-state index contributed by atoms with van der Waals surface area (Å²) in [6, 6.07) is 9.22. The molecule has 0 aliphatic heterocycles. The Morgan fingerprint density at radius 3 is 2.59 bits per heavy atom. The SMILES string of the molecule is C=C(C)ONNC(=O)NC(C)c1ccccc1. The Kier molecular flexibility index (Phi) is 5.03. The summed E-state index contributed by atoms with van der Waals surface area (Å²) in [5, 5.41) is 2.75. The first-order valence-electron chi connectivity index (χ1n) is 5.28. The van der Waals surface area contributed by atoms with Crippen molar-refractivity contribution in [1.29, 1.82) is 0 Å². The Balaban J connectivity index is 2.34. The molecule has 0 fully saturated rings. The van der Waals surface area contributed by atoms with Crippen molar-refractivity contribution in [3.05, 3.63) is 48.2 Å². The molecule has 0 bridgehead atoms. The minimum atomic E-state index is -0.373. The summed E-state index contributed by atoms with van der Waals surface area (Å²) in [4.78, 5) is 16.2. The van der Waals surface area contributed by atoms with E-state index >= 15 is 0 Å². The molecule has 2 amide bonds. The number of benzene rings is 1. The van der Waals surface area contributed by atoms with Crippen LogP contribution in [0.25, 0.3) is 0 Å². The maximum Gasteiger partial charge on any atom is 0.332 e. The van der Waals surface area contributed by atoms with Crippen LogP contribution >= 0.6 is 0 Å². The Bertz CT molecular complexity index is 379. The van der Waals surface area contributed by atoms with Crippen molar-refractivity contribution in [1.82, 2.24) is 16.3 Å². The topological polar surface area (TPSA) is 62.4 Å². The smallest absolute Gasteiger partial charge is 0.332 e. The van der Waals surface area contributed by atoms with Gasteiger partial charge in [0, 0.05) is 0 Å². The first kappa shape index (κ1) is 13.1. The average Bonchev–Trinajstić information content (AvgIpc) is 2.29. The fraction of sp³-hybridized carbons (Fsp3) is 0.250. The molecule has 5 nitrogen and oxygen atoms in total. The van der Waals surface area contributed by atoms with Crippen LogP contribution in [0.4, 0.5) is 4.79 Å². The van der Waals surface area contributed by atoms with Gasteiger partial charge >= 0.3 is 6.03 Å². The molecule has 3 N–H and O–H groups in total. The number of carbonyl (C=O) groups is 1. The third-order valence-corrected chi connectivity index (χ3v) is 2.04. The van der Waals surface area contributed by atoms with Gasteiger partial charge in [-0.25, -0.2) is 10.2 Å². The molecule has 1 unspecified atom stereocenters. The quantitative estimate of drug-likeness (QED) is 0.540. The van der Waals surface area contributed by atoms with Crippen LogP contribution in [0.3, 0.4) is 0 Å². The first-order chi connectivity index (χ1) is 8.09. The average molecular weight is 235 g/mol. The third-order valence-electron chi connectivity index (χ3n) is 2.04. The van der Waals surface area contributed by atoms with Crippen LogP contribution in [0.1, 0.15) is 25.5 Å². The van der Waals surface area contributed by atoms with E-state index < -0.39 is 0 Å². The molecule has 1 atom stereocenters. The van der Waals surface area contributed by atoms with E-state index in [1.165, 1.54) is 0 Å². The molecule has 17 heavy (non-hydrogen) atoms. The second kappa shape index (κ2) is 6.55. The maximum atomic E-state index is 11.4. The van der Waals surface area contributed by atoms with Gasteiger partial charge in [-0.05, 0) is 19.4 Å². The summed E-state index contributed by atoms with van der Waals surface area (Å²) in [5.41, 5.74) is 5.64. The van der Waals surface area contributed by atoms with Gasteiger partial charge in [-0.3, -0.25) is 0 Å². The highest BCUT2D eigenvalue weighted by molar-refractivity contribution is 5.73. The van der Waals surface area contributed by atoms with E-state index in [1.54, 1.807) is 6.92 Å². The van der Waals surface area contributed by atoms with Crippen molar-refractivity contribution in [3.8, 4) is 0 Å². The Morgan fingerprint density at radius 1 is 1.35 bits per heavy atom. The van der Waals surface area contributed by atoms with Crippen LogP contribution in [0.15, 0.2) is 42.7 Å². The maximum absolute atomic E-state index is 11.4. The number of hydrogen-bond acceptors (Lipinski definition) is 3. The van der Waals surface area contributed by atoms with E-state index in [0.29, 0.717) is 5.76 Å². The highest BCUT2D eigenvalue weighted by atomic mass is 16.7. The summed E-state index contributed by atoms with van der Waals surface area (Å²) >= 11 is 0. The molecule has 1 aromatic carbocycles. The van der Waals surface area contributed by atoms with E-state index in [-0.39, 0.29) is 12.1 Å². The molecule has 0 radical (unpaired) electrons. The first-order valence-corrected chi connectivity index (χ1v) is 5.28. The number of hydrogen-bond donors (Lipinski definition) is 3. The molecule has 0 aromatic heterocycles. The number of rotatable bonds is 5. The van der Waals surface area contributed by atoms with Gasteiger partial charge in [0.15, 0.2) is 0 Å². The Hall–Kier alpha value is -2.01. The molecule has 1 rings (SSSR count). The number of urea groups is 1. The van der Waals surface area contributed by atoms with Gasteiger partial charge in [-0.2, -0.15) is 0 Å². The molecule has 1 aromatic rings. The second-order valence-electron chi connectivity index (χ2n) is 3.64. The lowest BCUT2D eigenvalue weighted by molar-refractivity contribution is 0.0783. The lowest BCUT2D eigenvalue weighted by Gasteiger charge is -2.15. The van der Waals surface area contributed by atoms with Crippen LogP contribution in [-0.2, 0) is 4.84 Å². The zero-order valence-electron chi connectivity index (χ0n) is 9.99. The van der Waals surface area contributed by atoms with Crippen molar-refractivity contribution in [2.24, 2.45) is 0 Å². The van der Waals surface area contributed by atoms with Gasteiger partial charge in [0.2, 0.25) is 0 Å². The Morgan fingerprint density at radius 2 is 2.00 bits per heavy atom. The highest BCUT2D eigenvalue weighted by Gasteiger charge is 2.07. The molecule has 92 valence electrons. The predicted molar refractivity (Wildman–Crippen MR) is 65.6 cm³/mol. The Labute approximate surface area is 101 Å². The monoisotopic (exact) mass is 235 g/mol. The van der Waals surface area contributed by atoms with Crippen LogP contribution in [0, 0.1) is 0 Å². The lowest BCUT2D eigenvalue weighted by atomic mass is 10.1. The molecule has 0 heterocycles. The molecule has 0 spiro atoms.